The van der Waals surface area contributed by atoms with Crippen LogP contribution in [-0.4, -0.2) is 51.7 Å². The second-order valence-corrected chi connectivity index (χ2v) is 10.3. The third-order valence-electron chi connectivity index (χ3n) is 5.00. The summed E-state index contributed by atoms with van der Waals surface area (Å²) in [5, 5.41) is 29.1. The molecule has 3 aromatic carbocycles. The molecular formula is C25H22N4O6S2. The smallest absolute Gasteiger partial charge is 0.330 e. The highest BCUT2D eigenvalue weighted by atomic mass is 32.2. The van der Waals surface area contributed by atoms with Crippen LogP contribution in [0.15, 0.2) is 88.9 Å². The number of esters is 1. The van der Waals surface area contributed by atoms with Gasteiger partial charge < -0.3 is 14.9 Å². The molecule has 190 valence electrons. The van der Waals surface area contributed by atoms with Gasteiger partial charge in [0.1, 0.15) is 6.61 Å². The van der Waals surface area contributed by atoms with E-state index in [1.807, 2.05) is 30.3 Å². The van der Waals surface area contributed by atoms with Gasteiger partial charge in [-0.05, 0) is 60.2 Å². The van der Waals surface area contributed by atoms with Gasteiger partial charge in [0.2, 0.25) is 15.2 Å². The summed E-state index contributed by atoms with van der Waals surface area (Å²) in [5.74, 6) is -0.196. The molecule has 0 saturated heterocycles. The molecule has 0 amide bonds. The minimum atomic E-state index is -3.82. The second kappa shape index (κ2) is 11.3. The van der Waals surface area contributed by atoms with E-state index in [2.05, 4.69) is 10.1 Å². The maximum absolute atomic E-state index is 12.0. The van der Waals surface area contributed by atoms with E-state index >= 15 is 0 Å². The summed E-state index contributed by atoms with van der Waals surface area (Å²) in [6.07, 6.45) is 2.69. The van der Waals surface area contributed by atoms with Crippen LogP contribution >= 0.6 is 11.8 Å². The zero-order valence-electron chi connectivity index (χ0n) is 19.3. The van der Waals surface area contributed by atoms with Crippen LogP contribution in [0.25, 0.3) is 23.2 Å². The lowest BCUT2D eigenvalue weighted by atomic mass is 10.2. The van der Waals surface area contributed by atoms with E-state index in [1.54, 1.807) is 22.9 Å². The Bertz CT molecular complexity index is 1540. The monoisotopic (exact) mass is 538 g/mol. The fourth-order valence-corrected chi connectivity index (χ4v) is 4.37. The zero-order chi connectivity index (χ0) is 26.4. The van der Waals surface area contributed by atoms with Gasteiger partial charge in [0.25, 0.3) is 0 Å². The molecule has 0 aliphatic carbocycles. The summed E-state index contributed by atoms with van der Waals surface area (Å²) in [5.41, 5.74) is 1.94. The summed E-state index contributed by atoms with van der Waals surface area (Å²) in [6, 6.07) is 19.6. The van der Waals surface area contributed by atoms with Crippen LogP contribution in [0.3, 0.4) is 0 Å². The lowest BCUT2D eigenvalue weighted by molar-refractivity contribution is -0.137. The fourth-order valence-electron chi connectivity index (χ4n) is 3.22. The lowest BCUT2D eigenvalue weighted by Gasteiger charge is -2.06. The highest BCUT2D eigenvalue weighted by Crippen LogP contribution is 2.27. The third kappa shape index (κ3) is 6.76. The molecule has 1 aromatic heterocycles. The first-order valence-corrected chi connectivity index (χ1v) is 13.4. The molecule has 4 N–H and O–H groups in total. The van der Waals surface area contributed by atoms with Crippen molar-refractivity contribution in [2.24, 2.45) is 5.14 Å². The van der Waals surface area contributed by atoms with Crippen molar-refractivity contribution >= 4 is 33.8 Å². The highest BCUT2D eigenvalue weighted by molar-refractivity contribution is 7.99. The number of rotatable bonds is 9. The quantitative estimate of drug-likeness (QED) is 0.0955. The minimum absolute atomic E-state index is 0.00490. The van der Waals surface area contributed by atoms with Crippen molar-refractivity contribution in [3.05, 3.63) is 84.4 Å². The summed E-state index contributed by atoms with van der Waals surface area (Å²) < 4.78 is 30.0. The van der Waals surface area contributed by atoms with Crippen LogP contribution in [0.1, 0.15) is 5.56 Å². The molecule has 0 atom stereocenters. The van der Waals surface area contributed by atoms with E-state index in [-0.39, 0.29) is 23.0 Å². The SMILES string of the molecule is NS(=O)(=O)c1ccc(-c2nc(SCCOC(=O)/C=C/c3ccc(O)c(O)c3)nn2-c2ccccc2)cc1. The number of aromatic hydroxyl groups is 2. The maximum atomic E-state index is 12.0. The Kier molecular flexibility index (Phi) is 7.92. The van der Waals surface area contributed by atoms with Gasteiger partial charge in [-0.1, -0.05) is 36.0 Å². The molecule has 4 rings (SSSR count). The standard InChI is InChI=1S/C25H22N4O6S2/c26-37(33,34)20-10-8-18(9-11-20)24-27-25(28-29(24)19-4-2-1-3-5-19)36-15-14-35-23(32)13-7-17-6-12-21(30)22(31)16-17/h1-13,16,30-31H,14-15H2,(H2,26,33,34)/b13-7+. The molecular weight excluding hydrogens is 516 g/mol. The Morgan fingerprint density at radius 3 is 2.43 bits per heavy atom. The lowest BCUT2D eigenvalue weighted by Crippen LogP contribution is -2.11. The molecule has 0 fully saturated rings. The summed E-state index contributed by atoms with van der Waals surface area (Å²) in [6.45, 7) is 0.104. The van der Waals surface area contributed by atoms with E-state index in [0.29, 0.717) is 27.9 Å². The number of carbonyl (C=O) groups excluding carboxylic acids is 1. The Morgan fingerprint density at radius 2 is 1.76 bits per heavy atom. The van der Waals surface area contributed by atoms with Gasteiger partial charge in [0, 0.05) is 17.4 Å². The topological polar surface area (TPSA) is 158 Å². The predicted molar refractivity (Wildman–Crippen MR) is 139 cm³/mol. The van der Waals surface area contributed by atoms with E-state index in [4.69, 9.17) is 9.88 Å². The Balaban J connectivity index is 1.42. The second-order valence-electron chi connectivity index (χ2n) is 7.63. The molecule has 1 heterocycles. The van der Waals surface area contributed by atoms with Crippen molar-refractivity contribution in [3.8, 4) is 28.6 Å². The molecule has 0 bridgehead atoms. The molecule has 0 radical (unpaired) electrons. The molecule has 0 aliphatic rings. The number of ether oxygens (including phenoxy) is 1. The number of carbonyl (C=O) groups is 1. The van der Waals surface area contributed by atoms with E-state index in [9.17, 15) is 23.4 Å². The van der Waals surface area contributed by atoms with Crippen LogP contribution in [0.4, 0.5) is 0 Å². The van der Waals surface area contributed by atoms with E-state index in [1.165, 1.54) is 48.2 Å². The molecule has 37 heavy (non-hydrogen) atoms. The van der Waals surface area contributed by atoms with Crippen molar-refractivity contribution in [1.29, 1.82) is 0 Å². The van der Waals surface area contributed by atoms with Crippen LogP contribution in [0, 0.1) is 0 Å². The number of aromatic nitrogens is 3. The molecule has 0 saturated carbocycles. The van der Waals surface area contributed by atoms with E-state index < -0.39 is 16.0 Å². The number of para-hydroxylation sites is 1. The molecule has 12 heteroatoms. The van der Waals surface area contributed by atoms with Crippen molar-refractivity contribution in [3.63, 3.8) is 0 Å². The Morgan fingerprint density at radius 1 is 1.03 bits per heavy atom. The van der Waals surface area contributed by atoms with Crippen molar-refractivity contribution < 1.29 is 28.2 Å². The first-order valence-electron chi connectivity index (χ1n) is 10.9. The van der Waals surface area contributed by atoms with Crippen LogP contribution < -0.4 is 5.14 Å². The number of nitrogens with zero attached hydrogens (tertiary/aromatic N) is 3. The minimum Gasteiger partial charge on any atom is -0.504 e. The van der Waals surface area contributed by atoms with Gasteiger partial charge in [0.15, 0.2) is 17.3 Å². The first kappa shape index (κ1) is 25.9. The maximum Gasteiger partial charge on any atom is 0.330 e. The summed E-state index contributed by atoms with van der Waals surface area (Å²) >= 11 is 1.29. The van der Waals surface area contributed by atoms with Crippen LogP contribution in [0.2, 0.25) is 0 Å². The fraction of sp³-hybridized carbons (Fsp3) is 0.0800. The van der Waals surface area contributed by atoms with E-state index in [0.717, 1.165) is 5.69 Å². The van der Waals surface area contributed by atoms with Gasteiger partial charge in [-0.15, -0.1) is 5.10 Å². The molecule has 4 aromatic rings. The largest absolute Gasteiger partial charge is 0.504 e. The summed E-state index contributed by atoms with van der Waals surface area (Å²) in [4.78, 5) is 16.6. The number of phenolic OH excluding ortho intramolecular Hbond substituents is 2. The number of hydrogen-bond acceptors (Lipinski definition) is 9. The molecule has 0 aliphatic heterocycles. The normalized spacial score (nSPS) is 11.6. The number of phenols is 2. The number of hydrogen-bond donors (Lipinski definition) is 3. The number of primary sulfonamides is 1. The third-order valence-corrected chi connectivity index (χ3v) is 6.73. The van der Waals surface area contributed by atoms with Gasteiger partial charge in [-0.25, -0.2) is 28.0 Å². The van der Waals surface area contributed by atoms with Crippen molar-refractivity contribution in [1.82, 2.24) is 14.8 Å². The van der Waals surface area contributed by atoms with Crippen LogP contribution in [-0.2, 0) is 19.6 Å². The zero-order valence-corrected chi connectivity index (χ0v) is 20.9. The van der Waals surface area contributed by atoms with Crippen molar-refractivity contribution in [2.45, 2.75) is 10.1 Å². The van der Waals surface area contributed by atoms with Gasteiger partial charge in [-0.2, -0.15) is 0 Å². The van der Waals surface area contributed by atoms with Gasteiger partial charge in [-0.3, -0.25) is 0 Å². The summed E-state index contributed by atoms with van der Waals surface area (Å²) in [7, 11) is -3.82. The average molecular weight is 539 g/mol. The predicted octanol–water partition coefficient (Wildman–Crippen LogP) is 3.34. The molecule has 10 nitrogen and oxygen atoms in total. The number of thioether (sulfide) groups is 1. The first-order chi connectivity index (χ1) is 17.7. The Labute approximate surface area is 217 Å². The highest BCUT2D eigenvalue weighted by Gasteiger charge is 2.16. The average Bonchev–Trinajstić information content (AvgIpc) is 3.32. The van der Waals surface area contributed by atoms with Gasteiger partial charge >= 0.3 is 5.97 Å². The van der Waals surface area contributed by atoms with Crippen LogP contribution in [0.5, 0.6) is 11.5 Å². The number of benzene rings is 3. The van der Waals surface area contributed by atoms with Gasteiger partial charge in [0.05, 0.1) is 10.6 Å². The number of nitrogens with two attached hydrogens (primary N) is 1. The number of sulfonamides is 1. The molecule has 0 unspecified atom stereocenters. The van der Waals surface area contributed by atoms with Crippen molar-refractivity contribution in [2.75, 3.05) is 12.4 Å². The Hall–Kier alpha value is -4.13. The molecule has 0 spiro atoms.